The molecule has 2 aliphatic carbocycles. The molecular formula is C13H20N4. The van der Waals surface area contributed by atoms with E-state index in [2.05, 4.69) is 15.4 Å². The van der Waals surface area contributed by atoms with Gasteiger partial charge in [-0.25, -0.2) is 15.4 Å². The van der Waals surface area contributed by atoms with Crippen molar-refractivity contribution in [3.63, 3.8) is 0 Å². The van der Waals surface area contributed by atoms with E-state index in [9.17, 15) is 0 Å². The van der Waals surface area contributed by atoms with Crippen LogP contribution < -0.4 is 11.3 Å². The molecule has 4 heteroatoms. The molecule has 2 bridgehead atoms. The van der Waals surface area contributed by atoms with Gasteiger partial charge in [-0.2, -0.15) is 0 Å². The first-order valence-corrected chi connectivity index (χ1v) is 6.60. The molecule has 0 aromatic carbocycles. The maximum absolute atomic E-state index is 5.65. The second-order valence-electron chi connectivity index (χ2n) is 5.50. The van der Waals surface area contributed by atoms with Crippen LogP contribution in [0.1, 0.15) is 44.0 Å². The molecule has 4 nitrogen and oxygen atoms in total. The quantitative estimate of drug-likeness (QED) is 0.614. The van der Waals surface area contributed by atoms with Crippen molar-refractivity contribution >= 4 is 0 Å². The van der Waals surface area contributed by atoms with E-state index in [0.717, 1.165) is 30.0 Å². The Balaban J connectivity index is 1.67. The van der Waals surface area contributed by atoms with Crippen LogP contribution in [0.3, 0.4) is 0 Å². The van der Waals surface area contributed by atoms with Crippen LogP contribution in [-0.2, 0) is 0 Å². The van der Waals surface area contributed by atoms with Crippen molar-refractivity contribution in [2.45, 2.75) is 38.1 Å². The van der Waals surface area contributed by atoms with Gasteiger partial charge in [-0.3, -0.25) is 5.84 Å². The standard InChI is InChI=1S/C13H20N4/c14-17-12(13-15-4-1-5-16-13)8-11-7-9-2-3-10(11)6-9/h1,4-5,9-12,17H,2-3,6-8,14H2. The molecule has 4 unspecified atom stereocenters. The zero-order valence-corrected chi connectivity index (χ0v) is 10.0. The molecule has 0 amide bonds. The van der Waals surface area contributed by atoms with E-state index < -0.39 is 0 Å². The van der Waals surface area contributed by atoms with E-state index in [1.54, 1.807) is 12.4 Å². The molecule has 1 aromatic rings. The predicted octanol–water partition coefficient (Wildman–Crippen LogP) is 1.81. The summed E-state index contributed by atoms with van der Waals surface area (Å²) < 4.78 is 0. The number of rotatable bonds is 4. The lowest BCUT2D eigenvalue weighted by molar-refractivity contribution is 0.275. The van der Waals surface area contributed by atoms with Crippen LogP contribution >= 0.6 is 0 Å². The summed E-state index contributed by atoms with van der Waals surface area (Å²) in [5, 5.41) is 0. The zero-order chi connectivity index (χ0) is 11.7. The van der Waals surface area contributed by atoms with Gasteiger partial charge in [0.25, 0.3) is 0 Å². The first-order valence-electron chi connectivity index (χ1n) is 6.60. The Morgan fingerprint density at radius 1 is 1.29 bits per heavy atom. The second-order valence-corrected chi connectivity index (χ2v) is 5.50. The third-order valence-electron chi connectivity index (χ3n) is 4.52. The van der Waals surface area contributed by atoms with Gasteiger partial charge < -0.3 is 0 Å². The first kappa shape index (κ1) is 11.1. The molecule has 3 rings (SSSR count). The largest absolute Gasteiger partial charge is 0.271 e. The van der Waals surface area contributed by atoms with Crippen molar-refractivity contribution in [1.82, 2.24) is 15.4 Å². The predicted molar refractivity (Wildman–Crippen MR) is 65.7 cm³/mol. The molecule has 0 spiro atoms. The summed E-state index contributed by atoms with van der Waals surface area (Å²) in [5.41, 5.74) is 2.88. The lowest BCUT2D eigenvalue weighted by atomic mass is 9.84. The summed E-state index contributed by atoms with van der Waals surface area (Å²) in [7, 11) is 0. The fourth-order valence-electron chi connectivity index (χ4n) is 3.71. The van der Waals surface area contributed by atoms with Crippen LogP contribution in [0.2, 0.25) is 0 Å². The maximum Gasteiger partial charge on any atom is 0.146 e. The number of fused-ring (bicyclic) bond motifs is 2. The molecule has 1 heterocycles. The minimum Gasteiger partial charge on any atom is -0.271 e. The Labute approximate surface area is 102 Å². The molecule has 0 aliphatic heterocycles. The SMILES string of the molecule is NNC(CC1CC2CCC1C2)c1ncccn1. The van der Waals surface area contributed by atoms with E-state index >= 15 is 0 Å². The summed E-state index contributed by atoms with van der Waals surface area (Å²) >= 11 is 0. The number of nitrogens with one attached hydrogen (secondary N) is 1. The highest BCUT2D eigenvalue weighted by Crippen LogP contribution is 2.50. The number of nitrogens with two attached hydrogens (primary N) is 1. The van der Waals surface area contributed by atoms with Crippen molar-refractivity contribution in [3.8, 4) is 0 Å². The fraction of sp³-hybridized carbons (Fsp3) is 0.692. The minimum absolute atomic E-state index is 0.112. The molecule has 2 aliphatic rings. The van der Waals surface area contributed by atoms with Gasteiger partial charge in [0.1, 0.15) is 5.82 Å². The van der Waals surface area contributed by atoms with Gasteiger partial charge in [0.05, 0.1) is 6.04 Å². The van der Waals surface area contributed by atoms with Crippen molar-refractivity contribution in [3.05, 3.63) is 24.3 Å². The van der Waals surface area contributed by atoms with Crippen LogP contribution in [0, 0.1) is 17.8 Å². The highest BCUT2D eigenvalue weighted by atomic mass is 15.2. The van der Waals surface area contributed by atoms with Crippen LogP contribution in [0.15, 0.2) is 18.5 Å². The number of hydrogen-bond donors (Lipinski definition) is 2. The molecule has 2 fully saturated rings. The van der Waals surface area contributed by atoms with Crippen LogP contribution in [0.25, 0.3) is 0 Å². The number of hydrogen-bond acceptors (Lipinski definition) is 4. The van der Waals surface area contributed by atoms with Crippen LogP contribution in [-0.4, -0.2) is 9.97 Å². The molecule has 1 aromatic heterocycles. The van der Waals surface area contributed by atoms with Gasteiger partial charge in [0.15, 0.2) is 0 Å². The summed E-state index contributed by atoms with van der Waals surface area (Å²) in [4.78, 5) is 8.60. The molecule has 0 saturated heterocycles. The van der Waals surface area contributed by atoms with E-state index in [1.807, 2.05) is 6.07 Å². The molecular weight excluding hydrogens is 212 g/mol. The summed E-state index contributed by atoms with van der Waals surface area (Å²) in [5.74, 6) is 9.22. The first-order chi connectivity index (χ1) is 8.36. The molecule has 2 saturated carbocycles. The minimum atomic E-state index is 0.112. The normalized spacial score (nSPS) is 32.9. The van der Waals surface area contributed by atoms with Gasteiger partial charge in [-0.15, -0.1) is 0 Å². The average molecular weight is 232 g/mol. The Hall–Kier alpha value is -1.00. The highest BCUT2D eigenvalue weighted by Gasteiger charge is 2.40. The number of hydrazine groups is 1. The molecule has 17 heavy (non-hydrogen) atoms. The molecule has 4 atom stereocenters. The van der Waals surface area contributed by atoms with E-state index in [4.69, 9.17) is 5.84 Å². The Kier molecular flexibility index (Phi) is 3.07. The van der Waals surface area contributed by atoms with Crippen molar-refractivity contribution in [2.24, 2.45) is 23.6 Å². The van der Waals surface area contributed by atoms with Crippen molar-refractivity contribution in [1.29, 1.82) is 0 Å². The van der Waals surface area contributed by atoms with Gasteiger partial charge in [0, 0.05) is 12.4 Å². The van der Waals surface area contributed by atoms with Crippen molar-refractivity contribution < 1.29 is 0 Å². The molecule has 0 radical (unpaired) electrons. The van der Waals surface area contributed by atoms with E-state index in [1.165, 1.54) is 25.7 Å². The lowest BCUT2D eigenvalue weighted by Gasteiger charge is -2.25. The third-order valence-corrected chi connectivity index (χ3v) is 4.52. The highest BCUT2D eigenvalue weighted by molar-refractivity contribution is 4.99. The Morgan fingerprint density at radius 3 is 2.71 bits per heavy atom. The summed E-state index contributed by atoms with van der Waals surface area (Å²) in [6, 6.07) is 1.95. The number of aromatic nitrogens is 2. The monoisotopic (exact) mass is 232 g/mol. The Morgan fingerprint density at radius 2 is 2.12 bits per heavy atom. The summed E-state index contributed by atoms with van der Waals surface area (Å²) in [6.45, 7) is 0. The van der Waals surface area contributed by atoms with Gasteiger partial charge in [-0.05, 0) is 49.5 Å². The number of nitrogens with zero attached hydrogens (tertiary/aromatic N) is 2. The lowest BCUT2D eigenvalue weighted by Crippen LogP contribution is -2.32. The molecule has 92 valence electrons. The van der Waals surface area contributed by atoms with Gasteiger partial charge in [0.2, 0.25) is 0 Å². The van der Waals surface area contributed by atoms with E-state index in [0.29, 0.717) is 0 Å². The average Bonchev–Trinajstić information content (AvgIpc) is 2.99. The van der Waals surface area contributed by atoms with Crippen LogP contribution in [0.4, 0.5) is 0 Å². The zero-order valence-electron chi connectivity index (χ0n) is 10.0. The summed E-state index contributed by atoms with van der Waals surface area (Å²) in [6.07, 6.45) is 10.3. The maximum atomic E-state index is 5.65. The topological polar surface area (TPSA) is 63.8 Å². The Bertz CT molecular complexity index is 367. The smallest absolute Gasteiger partial charge is 0.146 e. The van der Waals surface area contributed by atoms with Crippen LogP contribution in [0.5, 0.6) is 0 Å². The van der Waals surface area contributed by atoms with Crippen molar-refractivity contribution in [2.75, 3.05) is 0 Å². The second kappa shape index (κ2) is 4.70. The molecule has 3 N–H and O–H groups in total. The van der Waals surface area contributed by atoms with E-state index in [-0.39, 0.29) is 6.04 Å². The van der Waals surface area contributed by atoms with Gasteiger partial charge >= 0.3 is 0 Å². The third kappa shape index (κ3) is 2.19. The van der Waals surface area contributed by atoms with Gasteiger partial charge in [-0.1, -0.05) is 6.42 Å². The fourth-order valence-corrected chi connectivity index (χ4v) is 3.71.